The largest absolute Gasteiger partial charge is 0.338 e. The van der Waals surface area contributed by atoms with E-state index in [1.165, 1.54) is 5.56 Å². The number of rotatable bonds is 4. The number of hydrogen-bond acceptors (Lipinski definition) is 4. The van der Waals surface area contributed by atoms with Crippen LogP contribution in [0, 0.1) is 0 Å². The van der Waals surface area contributed by atoms with Crippen molar-refractivity contribution in [1.29, 1.82) is 0 Å². The standard InChI is InChI=1S/C13H17N3O/c1-9(2)10-4-6-11(7-5-10)13-15-12(8-14-3)17-16-13/h4-7,9,14H,8H2,1-3H3. The maximum absolute atomic E-state index is 5.11. The van der Waals surface area contributed by atoms with Crippen molar-refractivity contribution in [1.82, 2.24) is 15.5 Å². The topological polar surface area (TPSA) is 51.0 Å². The third kappa shape index (κ3) is 2.71. The second kappa shape index (κ2) is 5.10. The summed E-state index contributed by atoms with van der Waals surface area (Å²) in [6.07, 6.45) is 0. The summed E-state index contributed by atoms with van der Waals surface area (Å²) < 4.78 is 5.11. The van der Waals surface area contributed by atoms with Crippen molar-refractivity contribution < 1.29 is 4.52 Å². The van der Waals surface area contributed by atoms with Gasteiger partial charge in [-0.15, -0.1) is 0 Å². The van der Waals surface area contributed by atoms with Crippen LogP contribution < -0.4 is 5.32 Å². The van der Waals surface area contributed by atoms with Gasteiger partial charge in [0, 0.05) is 5.56 Å². The van der Waals surface area contributed by atoms with Crippen LogP contribution in [0.15, 0.2) is 28.8 Å². The fraction of sp³-hybridized carbons (Fsp3) is 0.385. The molecule has 0 bridgehead atoms. The zero-order valence-electron chi connectivity index (χ0n) is 10.4. The Morgan fingerprint density at radius 1 is 1.24 bits per heavy atom. The fourth-order valence-electron chi connectivity index (χ4n) is 1.61. The SMILES string of the molecule is CNCc1nc(-c2ccc(C(C)C)cc2)no1. The summed E-state index contributed by atoms with van der Waals surface area (Å²) in [7, 11) is 1.85. The highest BCUT2D eigenvalue weighted by molar-refractivity contribution is 5.54. The Kier molecular flexibility index (Phi) is 3.54. The smallest absolute Gasteiger partial charge is 0.240 e. The van der Waals surface area contributed by atoms with E-state index in [0.29, 0.717) is 24.2 Å². The molecule has 2 rings (SSSR count). The number of nitrogens with one attached hydrogen (secondary N) is 1. The number of hydrogen-bond donors (Lipinski definition) is 1. The minimum Gasteiger partial charge on any atom is -0.338 e. The number of benzene rings is 1. The quantitative estimate of drug-likeness (QED) is 0.878. The Balaban J connectivity index is 2.21. The van der Waals surface area contributed by atoms with Gasteiger partial charge in [0.05, 0.1) is 6.54 Å². The molecule has 1 aromatic heterocycles. The molecule has 0 fully saturated rings. The first-order valence-electron chi connectivity index (χ1n) is 5.78. The minimum absolute atomic E-state index is 0.536. The van der Waals surface area contributed by atoms with Gasteiger partial charge in [-0.3, -0.25) is 0 Å². The molecule has 1 N–H and O–H groups in total. The molecular weight excluding hydrogens is 214 g/mol. The van der Waals surface area contributed by atoms with Crippen LogP contribution in [-0.2, 0) is 6.54 Å². The van der Waals surface area contributed by atoms with Gasteiger partial charge in [-0.05, 0) is 18.5 Å². The third-order valence-electron chi connectivity index (χ3n) is 2.63. The lowest BCUT2D eigenvalue weighted by Gasteiger charge is -2.04. The highest BCUT2D eigenvalue weighted by Crippen LogP contribution is 2.20. The van der Waals surface area contributed by atoms with E-state index in [1.807, 2.05) is 19.2 Å². The van der Waals surface area contributed by atoms with Crippen molar-refractivity contribution in [3.8, 4) is 11.4 Å². The molecule has 2 aromatic rings. The van der Waals surface area contributed by atoms with E-state index in [9.17, 15) is 0 Å². The predicted octanol–water partition coefficient (Wildman–Crippen LogP) is 2.58. The molecule has 4 nitrogen and oxygen atoms in total. The van der Waals surface area contributed by atoms with Crippen molar-refractivity contribution in [3.63, 3.8) is 0 Å². The molecule has 0 aliphatic carbocycles. The molecule has 1 aromatic carbocycles. The Hall–Kier alpha value is -1.68. The van der Waals surface area contributed by atoms with E-state index in [1.54, 1.807) is 0 Å². The molecule has 0 spiro atoms. The molecule has 0 saturated heterocycles. The van der Waals surface area contributed by atoms with Gasteiger partial charge in [0.25, 0.3) is 0 Å². The van der Waals surface area contributed by atoms with E-state index >= 15 is 0 Å². The molecule has 0 saturated carbocycles. The van der Waals surface area contributed by atoms with Gasteiger partial charge in [-0.1, -0.05) is 43.3 Å². The van der Waals surface area contributed by atoms with Crippen LogP contribution in [0.25, 0.3) is 11.4 Å². The van der Waals surface area contributed by atoms with Gasteiger partial charge in [0.1, 0.15) is 0 Å². The lowest BCUT2D eigenvalue weighted by molar-refractivity contribution is 0.372. The molecule has 0 radical (unpaired) electrons. The summed E-state index contributed by atoms with van der Waals surface area (Å²) in [5, 5.41) is 6.93. The molecule has 0 aliphatic rings. The van der Waals surface area contributed by atoms with E-state index in [2.05, 4.69) is 41.4 Å². The number of nitrogens with zero attached hydrogens (tertiary/aromatic N) is 2. The molecular formula is C13H17N3O. The molecule has 0 unspecified atom stereocenters. The van der Waals surface area contributed by atoms with Gasteiger partial charge in [-0.25, -0.2) is 0 Å². The summed E-state index contributed by atoms with van der Waals surface area (Å²) in [6, 6.07) is 8.27. The van der Waals surface area contributed by atoms with Crippen LogP contribution in [0.1, 0.15) is 31.2 Å². The second-order valence-electron chi connectivity index (χ2n) is 4.32. The Labute approximate surface area is 101 Å². The first-order valence-corrected chi connectivity index (χ1v) is 5.78. The second-order valence-corrected chi connectivity index (χ2v) is 4.32. The maximum atomic E-state index is 5.11. The van der Waals surface area contributed by atoms with Crippen molar-refractivity contribution in [3.05, 3.63) is 35.7 Å². The lowest BCUT2D eigenvalue weighted by Crippen LogP contribution is -2.04. The van der Waals surface area contributed by atoms with Crippen LogP contribution in [0.5, 0.6) is 0 Å². The van der Waals surface area contributed by atoms with Crippen molar-refractivity contribution in [2.75, 3.05) is 7.05 Å². The van der Waals surface area contributed by atoms with E-state index in [4.69, 9.17) is 4.52 Å². The first-order chi connectivity index (χ1) is 8.20. The number of aromatic nitrogens is 2. The summed E-state index contributed by atoms with van der Waals surface area (Å²) in [5.74, 6) is 1.79. The molecule has 1 heterocycles. The predicted molar refractivity (Wildman–Crippen MR) is 66.6 cm³/mol. The molecule has 17 heavy (non-hydrogen) atoms. The molecule has 4 heteroatoms. The summed E-state index contributed by atoms with van der Waals surface area (Å²) in [5.41, 5.74) is 2.30. The zero-order valence-corrected chi connectivity index (χ0v) is 10.4. The lowest BCUT2D eigenvalue weighted by atomic mass is 10.0. The van der Waals surface area contributed by atoms with Crippen LogP contribution in [0.3, 0.4) is 0 Å². The highest BCUT2D eigenvalue weighted by atomic mass is 16.5. The minimum atomic E-state index is 0.536. The van der Waals surface area contributed by atoms with E-state index in [0.717, 1.165) is 5.56 Å². The van der Waals surface area contributed by atoms with E-state index < -0.39 is 0 Å². The normalized spacial score (nSPS) is 11.1. The Bertz CT molecular complexity index is 474. The maximum Gasteiger partial charge on any atom is 0.240 e. The van der Waals surface area contributed by atoms with E-state index in [-0.39, 0.29) is 0 Å². The third-order valence-corrected chi connectivity index (χ3v) is 2.63. The van der Waals surface area contributed by atoms with Crippen LogP contribution in [0.4, 0.5) is 0 Å². The summed E-state index contributed by atoms with van der Waals surface area (Å²) in [6.45, 7) is 4.94. The first kappa shape index (κ1) is 11.8. The van der Waals surface area contributed by atoms with Gasteiger partial charge in [0.2, 0.25) is 11.7 Å². The van der Waals surface area contributed by atoms with Crippen LogP contribution >= 0.6 is 0 Å². The van der Waals surface area contributed by atoms with Gasteiger partial charge >= 0.3 is 0 Å². The Morgan fingerprint density at radius 2 is 1.94 bits per heavy atom. The fourth-order valence-corrected chi connectivity index (χ4v) is 1.61. The molecule has 90 valence electrons. The molecule has 0 amide bonds. The van der Waals surface area contributed by atoms with Crippen molar-refractivity contribution in [2.24, 2.45) is 0 Å². The zero-order chi connectivity index (χ0) is 12.3. The van der Waals surface area contributed by atoms with Crippen molar-refractivity contribution in [2.45, 2.75) is 26.3 Å². The van der Waals surface area contributed by atoms with Crippen molar-refractivity contribution >= 4 is 0 Å². The average Bonchev–Trinajstić information content (AvgIpc) is 2.78. The summed E-state index contributed by atoms with van der Waals surface area (Å²) in [4.78, 5) is 4.30. The summed E-state index contributed by atoms with van der Waals surface area (Å²) >= 11 is 0. The van der Waals surface area contributed by atoms with Gasteiger partial charge in [-0.2, -0.15) is 4.98 Å². The Morgan fingerprint density at radius 3 is 2.53 bits per heavy atom. The molecule has 0 aliphatic heterocycles. The highest BCUT2D eigenvalue weighted by Gasteiger charge is 2.08. The van der Waals surface area contributed by atoms with Crippen LogP contribution in [0.2, 0.25) is 0 Å². The molecule has 0 atom stereocenters. The van der Waals surface area contributed by atoms with Gasteiger partial charge < -0.3 is 9.84 Å². The average molecular weight is 231 g/mol. The monoisotopic (exact) mass is 231 g/mol. The van der Waals surface area contributed by atoms with Crippen LogP contribution in [-0.4, -0.2) is 17.2 Å². The van der Waals surface area contributed by atoms with Gasteiger partial charge in [0.15, 0.2) is 0 Å².